The van der Waals surface area contributed by atoms with E-state index in [1.807, 2.05) is 73.7 Å². The van der Waals surface area contributed by atoms with E-state index in [1.165, 1.54) is 23.6 Å². The minimum absolute atomic E-state index is 0.0617. The lowest BCUT2D eigenvalue weighted by molar-refractivity contribution is -0.180. The topological polar surface area (TPSA) is 93.6 Å². The van der Waals surface area contributed by atoms with Crippen molar-refractivity contribution in [2.75, 3.05) is 11.4 Å². The molecule has 2 heterocycles. The second-order valence-electron chi connectivity index (χ2n) is 11.4. The van der Waals surface area contributed by atoms with Crippen LogP contribution in [0.4, 0.5) is 5.69 Å². The molecule has 0 N–H and O–H groups in total. The van der Waals surface area contributed by atoms with Gasteiger partial charge in [0.15, 0.2) is 10.8 Å². The zero-order valence-electron chi connectivity index (χ0n) is 25.1. The summed E-state index contributed by atoms with van der Waals surface area (Å²) in [6.45, 7) is 1.93. The molecule has 1 aliphatic rings. The molecule has 1 saturated heterocycles. The molecule has 8 heteroatoms. The lowest BCUT2D eigenvalue weighted by atomic mass is 9.73. The Kier molecular flexibility index (Phi) is 9.59. The van der Waals surface area contributed by atoms with Gasteiger partial charge >= 0.3 is 5.97 Å². The van der Waals surface area contributed by atoms with Crippen molar-refractivity contribution in [1.82, 2.24) is 4.98 Å². The number of aryl methyl sites for hydroxylation is 2. The number of anilines is 1. The standard InChI is InChI=1S/C36H38N2O5S/c1-3-31(29-17-12-18-30(25-29)38(2)44(41,42)33-19-10-11-24-37-33)34-32(39)26-36(43-35(34)40,22-20-27-13-6-4-7-14-27)23-21-28-15-8-5-9-16-28/h4-19,24-25,31,34H,3,20-23,26H2,1-2H3. The highest BCUT2D eigenvalue weighted by molar-refractivity contribution is 7.92. The maximum absolute atomic E-state index is 14.0. The van der Waals surface area contributed by atoms with E-state index in [9.17, 15) is 18.0 Å². The van der Waals surface area contributed by atoms with Crippen molar-refractivity contribution in [1.29, 1.82) is 0 Å². The molecular formula is C36H38N2O5S. The normalized spacial score (nSPS) is 17.1. The van der Waals surface area contributed by atoms with Gasteiger partial charge in [0.05, 0.1) is 5.69 Å². The lowest BCUT2D eigenvalue weighted by Gasteiger charge is -2.41. The number of rotatable bonds is 12. The summed E-state index contributed by atoms with van der Waals surface area (Å²) in [5, 5.41) is -0.0617. The van der Waals surface area contributed by atoms with Gasteiger partial charge < -0.3 is 4.74 Å². The lowest BCUT2D eigenvalue weighted by Crippen LogP contribution is -2.49. The van der Waals surface area contributed by atoms with Gasteiger partial charge in [-0.15, -0.1) is 0 Å². The van der Waals surface area contributed by atoms with Gasteiger partial charge in [0, 0.05) is 25.6 Å². The number of carbonyl (C=O) groups excluding carboxylic acids is 2. The molecule has 4 aromatic rings. The van der Waals surface area contributed by atoms with E-state index in [0.717, 1.165) is 11.1 Å². The number of hydrogen-bond acceptors (Lipinski definition) is 6. The smallest absolute Gasteiger partial charge is 0.317 e. The Labute approximate surface area is 260 Å². The molecule has 1 aliphatic heterocycles. The second kappa shape index (κ2) is 13.6. The predicted molar refractivity (Wildman–Crippen MR) is 171 cm³/mol. The van der Waals surface area contributed by atoms with Crippen LogP contribution in [0.25, 0.3) is 0 Å². The Bertz CT molecular complexity index is 1610. The molecule has 1 aromatic heterocycles. The highest BCUT2D eigenvalue weighted by atomic mass is 32.2. The number of Topliss-reactive ketones (excluding diaryl/α,β-unsaturated/α-hetero) is 1. The third kappa shape index (κ3) is 6.91. The molecule has 44 heavy (non-hydrogen) atoms. The van der Waals surface area contributed by atoms with E-state index in [1.54, 1.807) is 30.3 Å². The van der Waals surface area contributed by atoms with Gasteiger partial charge in [-0.3, -0.25) is 13.9 Å². The molecule has 0 radical (unpaired) electrons. The summed E-state index contributed by atoms with van der Waals surface area (Å²) in [4.78, 5) is 31.8. The number of nitrogens with zero attached hydrogens (tertiary/aromatic N) is 2. The minimum atomic E-state index is -3.90. The molecule has 7 nitrogen and oxygen atoms in total. The van der Waals surface area contributed by atoms with Crippen LogP contribution >= 0.6 is 0 Å². The number of hydrogen-bond donors (Lipinski definition) is 0. The van der Waals surface area contributed by atoms with Crippen molar-refractivity contribution >= 4 is 27.5 Å². The molecule has 0 bridgehead atoms. The fourth-order valence-electron chi connectivity index (χ4n) is 6.09. The van der Waals surface area contributed by atoms with Crippen LogP contribution in [0.1, 0.15) is 55.2 Å². The second-order valence-corrected chi connectivity index (χ2v) is 13.4. The Hall–Kier alpha value is -4.30. The maximum atomic E-state index is 14.0. The van der Waals surface area contributed by atoms with Crippen molar-refractivity contribution in [2.24, 2.45) is 5.92 Å². The summed E-state index contributed by atoms with van der Waals surface area (Å²) in [6, 6.07) is 31.8. The van der Waals surface area contributed by atoms with Gasteiger partial charge in [0.25, 0.3) is 10.0 Å². The number of esters is 1. The van der Waals surface area contributed by atoms with Crippen molar-refractivity contribution in [2.45, 2.75) is 62.0 Å². The number of carbonyl (C=O) groups is 2. The first-order valence-electron chi connectivity index (χ1n) is 15.1. The van der Waals surface area contributed by atoms with Gasteiger partial charge in [-0.25, -0.2) is 4.98 Å². The molecule has 0 spiro atoms. The zero-order chi connectivity index (χ0) is 31.2. The summed E-state index contributed by atoms with van der Waals surface area (Å²) in [7, 11) is -2.43. The Morgan fingerprint density at radius 3 is 2.02 bits per heavy atom. The van der Waals surface area contributed by atoms with Crippen LogP contribution in [0.5, 0.6) is 0 Å². The quantitative estimate of drug-likeness (QED) is 0.134. The minimum Gasteiger partial charge on any atom is -0.458 e. The van der Waals surface area contributed by atoms with E-state index < -0.39 is 33.4 Å². The number of sulfonamides is 1. The molecule has 5 rings (SSSR count). The Morgan fingerprint density at radius 2 is 1.48 bits per heavy atom. The maximum Gasteiger partial charge on any atom is 0.317 e. The average Bonchev–Trinajstić information content (AvgIpc) is 3.05. The zero-order valence-corrected chi connectivity index (χ0v) is 26.0. The average molecular weight is 611 g/mol. The molecule has 0 saturated carbocycles. The van der Waals surface area contributed by atoms with Crippen LogP contribution in [0.15, 0.2) is 114 Å². The van der Waals surface area contributed by atoms with Crippen LogP contribution < -0.4 is 4.31 Å². The van der Waals surface area contributed by atoms with E-state index in [0.29, 0.717) is 43.4 Å². The van der Waals surface area contributed by atoms with Crippen LogP contribution in [-0.4, -0.2) is 37.8 Å². The predicted octanol–water partition coefficient (Wildman–Crippen LogP) is 6.54. The Morgan fingerprint density at radius 1 is 0.864 bits per heavy atom. The molecule has 2 unspecified atom stereocenters. The molecule has 1 fully saturated rings. The van der Waals surface area contributed by atoms with Gasteiger partial charge in [0.1, 0.15) is 11.5 Å². The summed E-state index contributed by atoms with van der Waals surface area (Å²) in [6.07, 6.45) is 4.57. The number of aromatic nitrogens is 1. The number of benzene rings is 3. The Balaban J connectivity index is 1.39. The fraction of sp³-hybridized carbons (Fsp3) is 0.306. The molecule has 3 aromatic carbocycles. The summed E-state index contributed by atoms with van der Waals surface area (Å²) < 4.78 is 33.9. The highest BCUT2D eigenvalue weighted by Crippen LogP contribution is 2.41. The highest BCUT2D eigenvalue weighted by Gasteiger charge is 2.49. The van der Waals surface area contributed by atoms with E-state index >= 15 is 0 Å². The van der Waals surface area contributed by atoms with Gasteiger partial charge in [0.2, 0.25) is 0 Å². The first-order valence-corrected chi connectivity index (χ1v) is 16.5. The van der Waals surface area contributed by atoms with Crippen LogP contribution in [0.2, 0.25) is 0 Å². The summed E-state index contributed by atoms with van der Waals surface area (Å²) in [5.41, 5.74) is 2.50. The van der Waals surface area contributed by atoms with Crippen molar-refractivity contribution < 1.29 is 22.7 Å². The van der Waals surface area contributed by atoms with Gasteiger partial charge in [-0.2, -0.15) is 8.42 Å². The number of ketones is 1. The van der Waals surface area contributed by atoms with E-state index in [-0.39, 0.29) is 17.2 Å². The van der Waals surface area contributed by atoms with Gasteiger partial charge in [-0.05, 0) is 73.1 Å². The van der Waals surface area contributed by atoms with Gasteiger partial charge in [-0.1, -0.05) is 85.8 Å². The molecule has 228 valence electrons. The first-order chi connectivity index (χ1) is 21.2. The SMILES string of the molecule is CCC(c1cccc(N(C)S(=O)(=O)c2ccccn2)c1)C1C(=O)CC(CCc2ccccc2)(CCc2ccccc2)OC1=O. The van der Waals surface area contributed by atoms with Crippen molar-refractivity contribution in [3.63, 3.8) is 0 Å². The van der Waals surface area contributed by atoms with Crippen LogP contribution in [-0.2, 0) is 37.2 Å². The molecule has 0 aliphatic carbocycles. The largest absolute Gasteiger partial charge is 0.458 e. The summed E-state index contributed by atoms with van der Waals surface area (Å²) >= 11 is 0. The van der Waals surface area contributed by atoms with Crippen LogP contribution in [0.3, 0.4) is 0 Å². The van der Waals surface area contributed by atoms with Crippen molar-refractivity contribution in [3.8, 4) is 0 Å². The number of ether oxygens (including phenoxy) is 1. The fourth-order valence-corrected chi connectivity index (χ4v) is 7.21. The molecular weight excluding hydrogens is 572 g/mol. The van der Waals surface area contributed by atoms with Crippen molar-refractivity contribution in [3.05, 3.63) is 126 Å². The number of cyclic esters (lactones) is 1. The third-order valence-electron chi connectivity index (χ3n) is 8.61. The first kappa shape index (κ1) is 31.1. The molecule has 0 amide bonds. The number of pyridine rings is 1. The van der Waals surface area contributed by atoms with E-state index in [2.05, 4.69) is 4.98 Å². The summed E-state index contributed by atoms with van der Waals surface area (Å²) in [5.74, 6) is -2.06. The van der Waals surface area contributed by atoms with E-state index in [4.69, 9.17) is 4.74 Å². The monoisotopic (exact) mass is 610 g/mol. The third-order valence-corrected chi connectivity index (χ3v) is 10.3. The molecule has 2 atom stereocenters. The van der Waals surface area contributed by atoms with Crippen LogP contribution in [0, 0.1) is 5.92 Å².